The van der Waals surface area contributed by atoms with Crippen molar-refractivity contribution in [3.63, 3.8) is 0 Å². The molecule has 0 saturated heterocycles. The maximum Gasteiger partial charge on any atom is 0.348 e. The first kappa shape index (κ1) is 14.8. The highest BCUT2D eigenvalue weighted by molar-refractivity contribution is 7.92. The summed E-state index contributed by atoms with van der Waals surface area (Å²) in [5.41, 5.74) is -0.0946. The molecule has 0 fully saturated rings. The highest BCUT2D eigenvalue weighted by Gasteiger charge is 2.22. The van der Waals surface area contributed by atoms with E-state index in [1.807, 2.05) is 0 Å². The van der Waals surface area contributed by atoms with Crippen molar-refractivity contribution in [2.45, 2.75) is 4.90 Å². The first-order chi connectivity index (χ1) is 9.31. The minimum Gasteiger partial charge on any atom is -0.477 e. The van der Waals surface area contributed by atoms with E-state index >= 15 is 0 Å². The molecular weight excluding hydrogens is 329 g/mol. The minimum atomic E-state index is -4.17. The van der Waals surface area contributed by atoms with E-state index < -0.39 is 26.7 Å². The molecule has 0 radical (unpaired) electrons. The summed E-state index contributed by atoms with van der Waals surface area (Å²) in [5, 5.41) is 10.2. The highest BCUT2D eigenvalue weighted by atomic mass is 35.5. The fourth-order valence-electron chi connectivity index (χ4n) is 1.44. The second-order valence-corrected chi connectivity index (χ2v) is 6.62. The van der Waals surface area contributed by atoms with Crippen LogP contribution in [-0.4, -0.2) is 19.5 Å². The van der Waals surface area contributed by atoms with Crippen molar-refractivity contribution in [3.05, 3.63) is 45.4 Å². The SMILES string of the molecule is O=C(O)c1sccc1NS(=O)(=O)c1cc(F)ccc1Cl. The molecule has 2 rings (SSSR count). The summed E-state index contributed by atoms with van der Waals surface area (Å²) in [6, 6.07) is 4.20. The van der Waals surface area contributed by atoms with E-state index in [-0.39, 0.29) is 15.6 Å². The van der Waals surface area contributed by atoms with Crippen LogP contribution < -0.4 is 4.72 Å². The molecule has 0 atom stereocenters. The van der Waals surface area contributed by atoms with E-state index in [0.29, 0.717) is 0 Å². The van der Waals surface area contributed by atoms with Crippen LogP contribution in [0.25, 0.3) is 0 Å². The Bertz CT molecular complexity index is 772. The van der Waals surface area contributed by atoms with E-state index in [0.717, 1.165) is 29.5 Å². The van der Waals surface area contributed by atoms with E-state index in [4.69, 9.17) is 16.7 Å². The normalized spacial score (nSPS) is 11.3. The first-order valence-electron chi connectivity index (χ1n) is 5.10. The number of halogens is 2. The number of anilines is 1. The smallest absolute Gasteiger partial charge is 0.348 e. The number of rotatable bonds is 4. The largest absolute Gasteiger partial charge is 0.477 e. The second-order valence-electron chi connectivity index (χ2n) is 3.65. The van der Waals surface area contributed by atoms with Gasteiger partial charge in [-0.2, -0.15) is 0 Å². The number of hydrogen-bond donors (Lipinski definition) is 2. The predicted molar refractivity (Wildman–Crippen MR) is 73.5 cm³/mol. The van der Waals surface area contributed by atoms with Gasteiger partial charge in [0.1, 0.15) is 15.6 Å². The van der Waals surface area contributed by atoms with Crippen LogP contribution >= 0.6 is 22.9 Å². The summed E-state index contributed by atoms with van der Waals surface area (Å²) in [6.45, 7) is 0. The molecule has 2 aromatic rings. The van der Waals surface area contributed by atoms with Gasteiger partial charge in [0.05, 0.1) is 10.7 Å². The van der Waals surface area contributed by atoms with Gasteiger partial charge in [0.15, 0.2) is 0 Å². The lowest BCUT2D eigenvalue weighted by molar-refractivity contribution is 0.0703. The zero-order chi connectivity index (χ0) is 14.9. The van der Waals surface area contributed by atoms with Crippen molar-refractivity contribution in [3.8, 4) is 0 Å². The van der Waals surface area contributed by atoms with Crippen molar-refractivity contribution in [1.29, 1.82) is 0 Å². The summed E-state index contributed by atoms with van der Waals surface area (Å²) < 4.78 is 39.4. The molecule has 106 valence electrons. The zero-order valence-corrected chi connectivity index (χ0v) is 12.0. The second kappa shape index (κ2) is 5.39. The van der Waals surface area contributed by atoms with E-state index in [1.165, 1.54) is 11.4 Å². The Morgan fingerprint density at radius 1 is 1.35 bits per heavy atom. The molecule has 0 aliphatic rings. The summed E-state index contributed by atoms with van der Waals surface area (Å²) in [7, 11) is -4.17. The van der Waals surface area contributed by atoms with Gasteiger partial charge in [-0.05, 0) is 29.6 Å². The topological polar surface area (TPSA) is 83.5 Å². The number of carboxylic acid groups (broad SMARTS) is 1. The molecule has 9 heteroatoms. The lowest BCUT2D eigenvalue weighted by atomic mass is 10.3. The van der Waals surface area contributed by atoms with Crippen molar-refractivity contribution in [2.24, 2.45) is 0 Å². The van der Waals surface area contributed by atoms with Gasteiger partial charge < -0.3 is 5.11 Å². The van der Waals surface area contributed by atoms with Gasteiger partial charge >= 0.3 is 5.97 Å². The van der Waals surface area contributed by atoms with Crippen LogP contribution in [0.15, 0.2) is 34.5 Å². The number of nitrogens with one attached hydrogen (secondary N) is 1. The molecule has 5 nitrogen and oxygen atoms in total. The quantitative estimate of drug-likeness (QED) is 0.899. The van der Waals surface area contributed by atoms with Crippen molar-refractivity contribution < 1.29 is 22.7 Å². The van der Waals surface area contributed by atoms with Gasteiger partial charge in [0, 0.05) is 0 Å². The molecule has 0 aliphatic heterocycles. The number of benzene rings is 1. The Hall–Kier alpha value is -1.64. The molecule has 0 spiro atoms. The van der Waals surface area contributed by atoms with Gasteiger partial charge in [-0.15, -0.1) is 11.3 Å². The third-order valence-electron chi connectivity index (χ3n) is 2.29. The Balaban J connectivity index is 2.44. The third kappa shape index (κ3) is 2.92. The third-order valence-corrected chi connectivity index (χ3v) is 5.04. The van der Waals surface area contributed by atoms with Crippen LogP contribution in [0.1, 0.15) is 9.67 Å². The highest BCUT2D eigenvalue weighted by Crippen LogP contribution is 2.28. The Morgan fingerprint density at radius 2 is 2.05 bits per heavy atom. The monoisotopic (exact) mass is 335 g/mol. The number of aromatic carboxylic acids is 1. The summed E-state index contributed by atoms with van der Waals surface area (Å²) >= 11 is 6.59. The molecule has 0 saturated carbocycles. The first-order valence-corrected chi connectivity index (χ1v) is 7.84. The summed E-state index contributed by atoms with van der Waals surface area (Å²) in [4.78, 5) is 10.3. The van der Waals surface area contributed by atoms with Crippen molar-refractivity contribution in [2.75, 3.05) is 4.72 Å². The average Bonchev–Trinajstić information content (AvgIpc) is 2.79. The Labute approximate surface area is 122 Å². The zero-order valence-electron chi connectivity index (χ0n) is 9.63. The minimum absolute atomic E-state index is 0.0946. The molecule has 20 heavy (non-hydrogen) atoms. The van der Waals surface area contributed by atoms with Crippen LogP contribution in [-0.2, 0) is 10.0 Å². The number of carbonyl (C=O) groups is 1. The Morgan fingerprint density at radius 3 is 2.70 bits per heavy atom. The van der Waals surface area contributed by atoms with E-state index in [9.17, 15) is 17.6 Å². The number of carboxylic acids is 1. The predicted octanol–water partition coefficient (Wildman–Crippen LogP) is 3.04. The molecule has 0 aliphatic carbocycles. The lowest BCUT2D eigenvalue weighted by Crippen LogP contribution is -2.15. The molecule has 0 unspecified atom stereocenters. The van der Waals surface area contributed by atoms with Crippen LogP contribution in [0.5, 0.6) is 0 Å². The van der Waals surface area contributed by atoms with Crippen molar-refractivity contribution in [1.82, 2.24) is 0 Å². The van der Waals surface area contributed by atoms with Gasteiger partial charge in [-0.3, -0.25) is 4.72 Å². The summed E-state index contributed by atoms with van der Waals surface area (Å²) in [5.74, 6) is -2.03. The fraction of sp³-hybridized carbons (Fsp3) is 0. The number of sulfonamides is 1. The van der Waals surface area contributed by atoms with Gasteiger partial charge in [-0.1, -0.05) is 11.6 Å². The van der Waals surface area contributed by atoms with Crippen LogP contribution in [0.4, 0.5) is 10.1 Å². The fourth-order valence-corrected chi connectivity index (χ4v) is 3.77. The molecule has 1 heterocycles. The molecule has 1 aromatic heterocycles. The van der Waals surface area contributed by atoms with Crippen LogP contribution in [0.3, 0.4) is 0 Å². The summed E-state index contributed by atoms with van der Waals surface area (Å²) in [6.07, 6.45) is 0. The van der Waals surface area contributed by atoms with Crippen LogP contribution in [0, 0.1) is 5.82 Å². The molecule has 0 bridgehead atoms. The lowest BCUT2D eigenvalue weighted by Gasteiger charge is -2.09. The Kier molecular flexibility index (Phi) is 3.98. The van der Waals surface area contributed by atoms with E-state index in [1.54, 1.807) is 0 Å². The maximum atomic E-state index is 13.1. The van der Waals surface area contributed by atoms with Gasteiger partial charge in [-0.25, -0.2) is 17.6 Å². The van der Waals surface area contributed by atoms with Crippen molar-refractivity contribution >= 4 is 44.6 Å². The number of thiophene rings is 1. The van der Waals surface area contributed by atoms with Gasteiger partial charge in [0.25, 0.3) is 10.0 Å². The van der Waals surface area contributed by atoms with Crippen LogP contribution in [0.2, 0.25) is 5.02 Å². The van der Waals surface area contributed by atoms with Gasteiger partial charge in [0.2, 0.25) is 0 Å². The molecule has 2 N–H and O–H groups in total. The van der Waals surface area contributed by atoms with E-state index in [2.05, 4.69) is 4.72 Å². The molecule has 1 aromatic carbocycles. The number of hydrogen-bond acceptors (Lipinski definition) is 4. The standard InChI is InChI=1S/C11H7ClFNO4S2/c12-7-2-1-6(13)5-9(7)20(17,18)14-8-3-4-19-10(8)11(15)16/h1-5,14H,(H,15,16). The maximum absolute atomic E-state index is 13.1. The molecule has 0 amide bonds. The molecular formula is C11H7ClFNO4S2. The average molecular weight is 336 g/mol.